The number of benzene rings is 2. The lowest BCUT2D eigenvalue weighted by Gasteiger charge is -2.07. The largest absolute Gasteiger partial charge is 0.490 e. The smallest absolute Gasteiger partial charge is 0.312 e. The number of rotatable bonds is 5. The first-order valence-electron chi connectivity index (χ1n) is 6.12. The van der Waals surface area contributed by atoms with Crippen LogP contribution in [0.4, 0.5) is 5.69 Å². The van der Waals surface area contributed by atoms with E-state index in [1.54, 1.807) is 0 Å². The lowest BCUT2D eigenvalue weighted by molar-refractivity contribution is -0.385. The van der Waals surface area contributed by atoms with Crippen LogP contribution >= 0.6 is 11.6 Å². The normalized spacial score (nSPS) is 10.2. The number of nitro groups is 1. The zero-order chi connectivity index (χ0) is 15.4. The Kier molecular flexibility index (Phi) is 4.55. The fraction of sp³-hybridized carbons (Fsp3) is 0.133. The number of methoxy groups -OCH3 is 1. The summed E-state index contributed by atoms with van der Waals surface area (Å²) in [6.45, 7) is 0. The molecule has 0 saturated carbocycles. The monoisotopic (exact) mass is 305 g/mol. The number of nitro benzene ring substituents is 1. The van der Waals surface area contributed by atoms with Crippen molar-refractivity contribution in [1.29, 1.82) is 0 Å². The first kappa shape index (κ1) is 15.0. The molecule has 6 heteroatoms. The zero-order valence-corrected chi connectivity index (χ0v) is 12.0. The molecule has 0 bridgehead atoms. The van der Waals surface area contributed by atoms with Gasteiger partial charge in [-0.05, 0) is 11.6 Å². The van der Waals surface area contributed by atoms with E-state index in [2.05, 4.69) is 0 Å². The van der Waals surface area contributed by atoms with E-state index in [0.29, 0.717) is 0 Å². The first-order valence-corrected chi connectivity index (χ1v) is 6.49. The van der Waals surface area contributed by atoms with Gasteiger partial charge < -0.3 is 4.74 Å². The van der Waals surface area contributed by atoms with Crippen molar-refractivity contribution >= 4 is 23.1 Å². The van der Waals surface area contributed by atoms with Crippen LogP contribution in [0.2, 0.25) is 5.02 Å². The number of ketones is 1. The van der Waals surface area contributed by atoms with Gasteiger partial charge >= 0.3 is 5.69 Å². The number of hydrogen-bond donors (Lipinski definition) is 0. The van der Waals surface area contributed by atoms with E-state index in [4.69, 9.17) is 16.3 Å². The van der Waals surface area contributed by atoms with Gasteiger partial charge in [0.15, 0.2) is 11.5 Å². The molecule has 108 valence electrons. The molecule has 2 rings (SSSR count). The average Bonchev–Trinajstić information content (AvgIpc) is 2.47. The lowest BCUT2D eigenvalue weighted by atomic mass is 10.0. The highest BCUT2D eigenvalue weighted by Crippen LogP contribution is 2.33. The summed E-state index contributed by atoms with van der Waals surface area (Å²) in [4.78, 5) is 22.6. The maximum Gasteiger partial charge on any atom is 0.312 e. The maximum absolute atomic E-state index is 12.3. The Balaban J connectivity index is 2.35. The van der Waals surface area contributed by atoms with Crippen LogP contribution < -0.4 is 4.74 Å². The van der Waals surface area contributed by atoms with E-state index in [9.17, 15) is 14.9 Å². The minimum Gasteiger partial charge on any atom is -0.490 e. The summed E-state index contributed by atoms with van der Waals surface area (Å²) in [6, 6.07) is 11.6. The van der Waals surface area contributed by atoms with Crippen LogP contribution in [-0.2, 0) is 6.42 Å². The van der Waals surface area contributed by atoms with Crippen LogP contribution in [-0.4, -0.2) is 17.8 Å². The Labute approximate surface area is 126 Å². The summed E-state index contributed by atoms with van der Waals surface area (Å²) >= 11 is 5.98. The Hall–Kier alpha value is -2.40. The molecule has 0 spiro atoms. The van der Waals surface area contributed by atoms with Gasteiger partial charge in [0.1, 0.15) is 0 Å². The van der Waals surface area contributed by atoms with Gasteiger partial charge in [0.05, 0.1) is 17.1 Å². The van der Waals surface area contributed by atoms with E-state index in [0.717, 1.165) is 11.6 Å². The Morgan fingerprint density at radius 1 is 1.29 bits per heavy atom. The highest BCUT2D eigenvalue weighted by Gasteiger charge is 2.21. The van der Waals surface area contributed by atoms with Crippen LogP contribution in [0.5, 0.6) is 5.75 Å². The summed E-state index contributed by atoms with van der Waals surface area (Å²) < 4.78 is 4.95. The van der Waals surface area contributed by atoms with Gasteiger partial charge in [0.2, 0.25) is 0 Å². The van der Waals surface area contributed by atoms with Crippen molar-refractivity contribution < 1.29 is 14.5 Å². The van der Waals surface area contributed by atoms with Gasteiger partial charge in [-0.15, -0.1) is 0 Å². The number of carbonyl (C=O) groups excluding carboxylic acids is 1. The third-order valence-corrected chi connectivity index (χ3v) is 3.29. The molecule has 0 aromatic heterocycles. The average molecular weight is 306 g/mol. The summed E-state index contributed by atoms with van der Waals surface area (Å²) in [7, 11) is 1.31. The van der Waals surface area contributed by atoms with E-state index in [1.165, 1.54) is 13.2 Å². The molecule has 0 heterocycles. The third kappa shape index (κ3) is 3.38. The Morgan fingerprint density at radius 2 is 1.95 bits per heavy atom. The second-order valence-corrected chi connectivity index (χ2v) is 4.75. The van der Waals surface area contributed by atoms with Crippen molar-refractivity contribution in [2.75, 3.05) is 7.11 Å². The fourth-order valence-electron chi connectivity index (χ4n) is 1.94. The minimum atomic E-state index is -0.601. The number of nitrogens with zero attached hydrogens (tertiary/aromatic N) is 1. The number of halogens is 1. The number of hydrogen-bond acceptors (Lipinski definition) is 4. The lowest BCUT2D eigenvalue weighted by Crippen LogP contribution is -2.06. The van der Waals surface area contributed by atoms with Gasteiger partial charge in [0.25, 0.3) is 0 Å². The molecule has 0 N–H and O–H groups in total. The molecule has 0 radical (unpaired) electrons. The van der Waals surface area contributed by atoms with Crippen molar-refractivity contribution in [2.24, 2.45) is 0 Å². The molecule has 0 aliphatic rings. The summed E-state index contributed by atoms with van der Waals surface area (Å²) in [5.41, 5.74) is 0.789. The van der Waals surface area contributed by atoms with Gasteiger partial charge in [-0.25, -0.2) is 0 Å². The quantitative estimate of drug-likeness (QED) is 0.480. The van der Waals surface area contributed by atoms with Crippen molar-refractivity contribution in [3.8, 4) is 5.75 Å². The van der Waals surface area contributed by atoms with Gasteiger partial charge in [-0.3, -0.25) is 14.9 Å². The summed E-state index contributed by atoms with van der Waals surface area (Å²) in [6.07, 6.45) is 0.168. The molecule has 0 fully saturated rings. The first-order chi connectivity index (χ1) is 10.0. The van der Waals surface area contributed by atoms with E-state index < -0.39 is 4.92 Å². The van der Waals surface area contributed by atoms with Gasteiger partial charge in [-0.1, -0.05) is 41.9 Å². The predicted molar refractivity (Wildman–Crippen MR) is 79.1 cm³/mol. The zero-order valence-electron chi connectivity index (χ0n) is 11.2. The molecule has 0 unspecified atom stereocenters. The molecule has 2 aromatic carbocycles. The molecule has 21 heavy (non-hydrogen) atoms. The van der Waals surface area contributed by atoms with Crippen LogP contribution in [0.25, 0.3) is 0 Å². The van der Waals surface area contributed by atoms with Crippen molar-refractivity contribution in [3.05, 3.63) is 68.7 Å². The second-order valence-electron chi connectivity index (χ2n) is 4.35. The molecule has 5 nitrogen and oxygen atoms in total. The molecule has 2 aromatic rings. The van der Waals surface area contributed by atoms with Gasteiger partial charge in [-0.2, -0.15) is 0 Å². The van der Waals surface area contributed by atoms with Crippen LogP contribution in [0.15, 0.2) is 42.5 Å². The second kappa shape index (κ2) is 6.37. The molecule has 0 amide bonds. The van der Waals surface area contributed by atoms with Crippen LogP contribution in [0.1, 0.15) is 15.9 Å². The third-order valence-electron chi connectivity index (χ3n) is 2.97. The fourth-order valence-corrected chi connectivity index (χ4v) is 2.20. The highest BCUT2D eigenvalue weighted by molar-refractivity contribution is 6.34. The number of Topliss-reactive ketones (excluding diaryl/α,β-unsaturated/α-hetero) is 1. The predicted octanol–water partition coefficient (Wildman–Crippen LogP) is 3.68. The van der Waals surface area contributed by atoms with Crippen molar-refractivity contribution in [2.45, 2.75) is 6.42 Å². The number of ether oxygens (including phenoxy) is 1. The molecule has 0 aliphatic heterocycles. The van der Waals surface area contributed by atoms with E-state index in [1.807, 2.05) is 30.3 Å². The molecule has 0 saturated heterocycles. The minimum absolute atomic E-state index is 0.0146. The summed E-state index contributed by atoms with van der Waals surface area (Å²) in [5.74, 6) is -0.208. The van der Waals surface area contributed by atoms with E-state index >= 15 is 0 Å². The molecule has 0 aliphatic carbocycles. The van der Waals surface area contributed by atoms with Gasteiger partial charge in [0, 0.05) is 18.1 Å². The van der Waals surface area contributed by atoms with Crippen molar-refractivity contribution in [3.63, 3.8) is 0 Å². The Bertz CT molecular complexity index is 686. The van der Waals surface area contributed by atoms with Crippen LogP contribution in [0.3, 0.4) is 0 Å². The molecular weight excluding hydrogens is 294 g/mol. The topological polar surface area (TPSA) is 69.4 Å². The van der Waals surface area contributed by atoms with Crippen LogP contribution in [0, 0.1) is 10.1 Å². The number of carbonyl (C=O) groups is 1. The molecular formula is C15H12ClNO4. The highest BCUT2D eigenvalue weighted by atomic mass is 35.5. The molecule has 0 atom stereocenters. The standard InChI is InChI=1S/C15H12ClNO4/c1-21-15-8-11(12(16)9-13(15)17(19)20)14(18)7-10-5-3-2-4-6-10/h2-6,8-9H,7H2,1H3. The Morgan fingerprint density at radius 3 is 2.52 bits per heavy atom. The summed E-state index contributed by atoms with van der Waals surface area (Å²) in [5, 5.41) is 10.9. The maximum atomic E-state index is 12.3. The van der Waals surface area contributed by atoms with Crippen molar-refractivity contribution in [1.82, 2.24) is 0 Å². The SMILES string of the molecule is COc1cc(C(=O)Cc2ccccc2)c(Cl)cc1[N+](=O)[O-]. The van der Waals surface area contributed by atoms with E-state index in [-0.39, 0.29) is 34.2 Å².